The van der Waals surface area contributed by atoms with Crippen molar-refractivity contribution in [1.29, 1.82) is 0 Å². The number of benzene rings is 3. The van der Waals surface area contributed by atoms with Crippen molar-refractivity contribution < 1.29 is 27.9 Å². The third kappa shape index (κ3) is 8.34. The first-order valence-electron chi connectivity index (χ1n) is 14.9. The van der Waals surface area contributed by atoms with E-state index in [2.05, 4.69) is 15.6 Å². The van der Waals surface area contributed by atoms with Crippen LogP contribution in [-0.4, -0.2) is 52.0 Å². The Kier molecular flexibility index (Phi) is 10.3. The molecule has 234 valence electrons. The molecule has 45 heavy (non-hydrogen) atoms. The number of aromatic nitrogens is 1. The van der Waals surface area contributed by atoms with Gasteiger partial charge >= 0.3 is 6.18 Å². The van der Waals surface area contributed by atoms with E-state index in [0.717, 1.165) is 36.1 Å². The van der Waals surface area contributed by atoms with E-state index in [0.29, 0.717) is 24.1 Å². The first-order chi connectivity index (χ1) is 21.7. The van der Waals surface area contributed by atoms with Crippen molar-refractivity contribution in [1.82, 2.24) is 20.5 Å². The number of likely N-dealkylation sites (tertiary alicyclic amines) is 1. The van der Waals surface area contributed by atoms with Crippen LogP contribution in [-0.2, 0) is 19.1 Å². The maximum absolute atomic E-state index is 13.6. The van der Waals surface area contributed by atoms with E-state index in [1.165, 1.54) is 6.07 Å². The Morgan fingerprint density at radius 1 is 0.911 bits per heavy atom. The number of pyridine rings is 1. The smallest absolute Gasteiger partial charge is 0.390 e. The maximum atomic E-state index is 13.6. The first-order valence-corrected chi connectivity index (χ1v) is 14.9. The minimum absolute atomic E-state index is 0.0257. The van der Waals surface area contributed by atoms with Crippen LogP contribution >= 0.6 is 0 Å². The minimum atomic E-state index is -4.45. The van der Waals surface area contributed by atoms with Gasteiger partial charge < -0.3 is 20.6 Å². The average molecular weight is 617 g/mol. The number of hydrogen-bond acceptors (Lipinski definition) is 5. The molecule has 0 aliphatic carbocycles. The summed E-state index contributed by atoms with van der Waals surface area (Å²) in [7, 11) is 0. The van der Waals surface area contributed by atoms with Gasteiger partial charge in [0.15, 0.2) is 0 Å². The molecule has 3 atom stereocenters. The van der Waals surface area contributed by atoms with Gasteiger partial charge in [-0.15, -0.1) is 0 Å². The number of aliphatic hydroxyl groups excluding tert-OH is 1. The molecule has 7 nitrogen and oxygen atoms in total. The fourth-order valence-corrected chi connectivity index (χ4v) is 5.67. The molecule has 4 aromatic rings. The van der Waals surface area contributed by atoms with Gasteiger partial charge in [-0.3, -0.25) is 14.6 Å². The third-order valence-electron chi connectivity index (χ3n) is 7.99. The molecule has 3 aromatic carbocycles. The topological polar surface area (TPSA) is 94.6 Å². The van der Waals surface area contributed by atoms with Crippen LogP contribution in [0, 0.1) is 0 Å². The number of nitrogens with one attached hydrogen (secondary N) is 2. The Morgan fingerprint density at radius 2 is 1.62 bits per heavy atom. The number of rotatable bonds is 11. The third-order valence-corrected chi connectivity index (χ3v) is 7.99. The fourth-order valence-electron chi connectivity index (χ4n) is 5.67. The molecule has 0 bridgehead atoms. The molecule has 2 heterocycles. The van der Waals surface area contributed by atoms with Gasteiger partial charge in [0, 0.05) is 43.2 Å². The second-order valence-corrected chi connectivity index (χ2v) is 11.2. The summed E-state index contributed by atoms with van der Waals surface area (Å²) in [4.78, 5) is 32.9. The first kappa shape index (κ1) is 31.9. The van der Waals surface area contributed by atoms with E-state index < -0.39 is 29.8 Å². The number of halogens is 3. The fraction of sp³-hybridized carbons (Fsp3) is 0.286. The van der Waals surface area contributed by atoms with Crippen molar-refractivity contribution >= 4 is 11.8 Å². The van der Waals surface area contributed by atoms with E-state index in [-0.39, 0.29) is 30.6 Å². The Labute approximate surface area is 260 Å². The molecule has 1 unspecified atom stereocenters. The quantitative estimate of drug-likeness (QED) is 0.205. The number of nitrogens with zero attached hydrogens (tertiary/aromatic N) is 2. The molecule has 1 aromatic heterocycles. The summed E-state index contributed by atoms with van der Waals surface area (Å²) in [5.74, 6) is -0.613. The van der Waals surface area contributed by atoms with Gasteiger partial charge in [-0.1, -0.05) is 54.6 Å². The molecule has 1 saturated heterocycles. The standard InChI is InChI=1S/C35H35F3N4O3/c36-35(37,38)29-12-4-9-25(19-29)22-40-23-32(43)30(20-24-7-2-1-3-8-24)41-33(44)27-10-5-11-28(21-27)34(45)42-18-6-13-31(42)26-14-16-39-17-15-26/h1-5,7-12,14-17,19,21,30-32,40,43H,6,13,18,20,22-23H2,(H,41,44)/t30-,31?,32+/m0/s1. The van der Waals surface area contributed by atoms with Crippen LogP contribution in [0.3, 0.4) is 0 Å². The van der Waals surface area contributed by atoms with Crippen molar-refractivity contribution in [3.63, 3.8) is 0 Å². The van der Waals surface area contributed by atoms with E-state index in [1.54, 1.807) is 42.7 Å². The van der Waals surface area contributed by atoms with E-state index in [1.807, 2.05) is 47.4 Å². The highest BCUT2D eigenvalue weighted by Gasteiger charge is 2.32. The summed E-state index contributed by atoms with van der Waals surface area (Å²) in [6.45, 7) is 0.743. The second kappa shape index (κ2) is 14.5. The van der Waals surface area contributed by atoms with Gasteiger partial charge in [-0.25, -0.2) is 0 Å². The van der Waals surface area contributed by atoms with Gasteiger partial charge in [0.25, 0.3) is 11.8 Å². The molecular formula is C35H35F3N4O3. The van der Waals surface area contributed by atoms with E-state index >= 15 is 0 Å². The molecule has 1 fully saturated rings. The number of aliphatic hydroxyl groups is 1. The zero-order valence-electron chi connectivity index (χ0n) is 24.6. The molecule has 2 amide bonds. The molecule has 10 heteroatoms. The zero-order chi connectivity index (χ0) is 31.8. The van der Waals surface area contributed by atoms with Crippen molar-refractivity contribution in [3.05, 3.63) is 137 Å². The van der Waals surface area contributed by atoms with Gasteiger partial charge in [-0.2, -0.15) is 13.2 Å². The maximum Gasteiger partial charge on any atom is 0.416 e. The van der Waals surface area contributed by atoms with E-state index in [4.69, 9.17) is 0 Å². The van der Waals surface area contributed by atoms with Crippen LogP contribution in [0.4, 0.5) is 13.2 Å². The van der Waals surface area contributed by atoms with Gasteiger partial charge in [0.05, 0.1) is 23.8 Å². The van der Waals surface area contributed by atoms with Gasteiger partial charge in [0.1, 0.15) is 0 Å². The number of hydrogen-bond donors (Lipinski definition) is 3. The van der Waals surface area contributed by atoms with Crippen molar-refractivity contribution in [2.24, 2.45) is 0 Å². The Hall–Kier alpha value is -4.54. The SMILES string of the molecule is O=C(N[C@@H](Cc1ccccc1)[C@H](O)CNCc1cccc(C(F)(F)F)c1)c1cccc(C(=O)N2CCCC2c2ccncc2)c1. The summed E-state index contributed by atoms with van der Waals surface area (Å²) in [6.07, 6.45) is -0.0471. The summed E-state index contributed by atoms with van der Waals surface area (Å²) in [6, 6.07) is 23.9. The predicted octanol–water partition coefficient (Wildman–Crippen LogP) is 5.57. The molecular weight excluding hydrogens is 581 g/mol. The number of amides is 2. The Bertz CT molecular complexity index is 1580. The lowest BCUT2D eigenvalue weighted by Crippen LogP contribution is -2.48. The average Bonchev–Trinajstić information content (AvgIpc) is 3.55. The lowest BCUT2D eigenvalue weighted by molar-refractivity contribution is -0.137. The van der Waals surface area contributed by atoms with E-state index in [9.17, 15) is 27.9 Å². The normalized spacial score (nSPS) is 16.3. The molecule has 0 radical (unpaired) electrons. The van der Waals surface area contributed by atoms with Crippen LogP contribution in [0.15, 0.2) is 103 Å². The van der Waals surface area contributed by atoms with Gasteiger partial charge in [0.2, 0.25) is 0 Å². The van der Waals surface area contributed by atoms with Crippen LogP contribution < -0.4 is 10.6 Å². The van der Waals surface area contributed by atoms with Crippen molar-refractivity contribution in [2.45, 2.75) is 50.2 Å². The van der Waals surface area contributed by atoms with Crippen molar-refractivity contribution in [3.8, 4) is 0 Å². The van der Waals surface area contributed by atoms with Crippen LogP contribution in [0.5, 0.6) is 0 Å². The zero-order valence-corrected chi connectivity index (χ0v) is 24.6. The summed E-state index contributed by atoms with van der Waals surface area (Å²) >= 11 is 0. The highest BCUT2D eigenvalue weighted by atomic mass is 19.4. The number of carbonyl (C=O) groups is 2. The summed E-state index contributed by atoms with van der Waals surface area (Å²) < 4.78 is 39.3. The second-order valence-electron chi connectivity index (χ2n) is 11.2. The van der Waals surface area contributed by atoms with Crippen LogP contribution in [0.2, 0.25) is 0 Å². The summed E-state index contributed by atoms with van der Waals surface area (Å²) in [5, 5.41) is 17.1. The van der Waals surface area contributed by atoms with Crippen LogP contribution in [0.1, 0.15) is 61.9 Å². The Morgan fingerprint density at radius 3 is 2.38 bits per heavy atom. The highest BCUT2D eigenvalue weighted by Crippen LogP contribution is 2.33. The van der Waals surface area contributed by atoms with Crippen LogP contribution in [0.25, 0.3) is 0 Å². The largest absolute Gasteiger partial charge is 0.416 e. The number of carbonyl (C=O) groups excluding carboxylic acids is 2. The molecule has 0 saturated carbocycles. The van der Waals surface area contributed by atoms with Gasteiger partial charge in [-0.05, 0) is 72.4 Å². The Balaban J connectivity index is 1.27. The molecule has 1 aliphatic heterocycles. The molecule has 3 N–H and O–H groups in total. The molecule has 1 aliphatic rings. The highest BCUT2D eigenvalue weighted by molar-refractivity contribution is 6.00. The minimum Gasteiger partial charge on any atom is -0.390 e. The summed E-state index contributed by atoms with van der Waals surface area (Å²) in [5.41, 5.74) is 2.26. The van der Waals surface area contributed by atoms with Crippen molar-refractivity contribution in [2.75, 3.05) is 13.1 Å². The lowest BCUT2D eigenvalue weighted by Gasteiger charge is -2.26. The molecule has 0 spiro atoms. The lowest BCUT2D eigenvalue weighted by atomic mass is 10.00. The monoisotopic (exact) mass is 616 g/mol. The number of alkyl halides is 3. The predicted molar refractivity (Wildman–Crippen MR) is 164 cm³/mol. The molecule has 5 rings (SSSR count).